The molecule has 2 rings (SSSR count). The molecule has 2 heterocycles. The predicted molar refractivity (Wildman–Crippen MR) is 69.2 cm³/mol. The van der Waals surface area contributed by atoms with Crippen LogP contribution in [0.15, 0.2) is 22.9 Å². The van der Waals surface area contributed by atoms with E-state index in [1.807, 2.05) is 12.3 Å². The summed E-state index contributed by atoms with van der Waals surface area (Å²) in [5.41, 5.74) is 1.24. The lowest BCUT2D eigenvalue weighted by molar-refractivity contribution is 0.360. The number of hydrogen-bond donors (Lipinski definition) is 2. The topological polar surface area (TPSA) is 37.0 Å². The number of halogens is 1. The van der Waals surface area contributed by atoms with E-state index in [0.29, 0.717) is 0 Å². The molecule has 0 aliphatic carbocycles. The van der Waals surface area contributed by atoms with E-state index < -0.39 is 0 Å². The smallest absolute Gasteiger partial charge is 0.106 e. The van der Waals surface area contributed by atoms with Gasteiger partial charge >= 0.3 is 0 Å². The van der Waals surface area contributed by atoms with Crippen LogP contribution in [-0.2, 0) is 6.54 Å². The second kappa shape index (κ2) is 6.33. The molecular weight excluding hydrogens is 266 g/mol. The van der Waals surface area contributed by atoms with Gasteiger partial charge in [-0.1, -0.05) is 6.07 Å². The first-order valence-electron chi connectivity index (χ1n) is 5.86. The summed E-state index contributed by atoms with van der Waals surface area (Å²) in [4.78, 5) is 4.21. The average molecular weight is 284 g/mol. The van der Waals surface area contributed by atoms with Crippen LogP contribution >= 0.6 is 15.9 Å². The van der Waals surface area contributed by atoms with Gasteiger partial charge in [-0.05, 0) is 66.0 Å². The number of pyridine rings is 1. The fraction of sp³-hybridized carbons (Fsp3) is 0.583. The van der Waals surface area contributed by atoms with Crippen molar-refractivity contribution in [1.29, 1.82) is 0 Å². The molecule has 16 heavy (non-hydrogen) atoms. The van der Waals surface area contributed by atoms with Gasteiger partial charge < -0.3 is 10.6 Å². The molecule has 1 saturated heterocycles. The van der Waals surface area contributed by atoms with Crippen molar-refractivity contribution in [3.8, 4) is 0 Å². The van der Waals surface area contributed by atoms with E-state index in [1.54, 1.807) is 0 Å². The molecule has 88 valence electrons. The van der Waals surface area contributed by atoms with Crippen molar-refractivity contribution in [3.05, 3.63) is 28.5 Å². The third-order valence-corrected chi connectivity index (χ3v) is 3.42. The summed E-state index contributed by atoms with van der Waals surface area (Å²) in [5.74, 6) is 0.789. The number of nitrogens with zero attached hydrogens (tertiary/aromatic N) is 1. The Morgan fingerprint density at radius 3 is 3.12 bits per heavy atom. The van der Waals surface area contributed by atoms with Gasteiger partial charge in [-0.3, -0.25) is 0 Å². The maximum absolute atomic E-state index is 4.21. The Labute approximate surface area is 105 Å². The van der Waals surface area contributed by atoms with Crippen molar-refractivity contribution in [2.75, 3.05) is 19.6 Å². The maximum Gasteiger partial charge on any atom is 0.106 e. The summed E-state index contributed by atoms with van der Waals surface area (Å²) < 4.78 is 0.896. The van der Waals surface area contributed by atoms with Crippen LogP contribution in [0, 0.1) is 5.92 Å². The quantitative estimate of drug-likeness (QED) is 0.830. The minimum Gasteiger partial charge on any atom is -0.316 e. The van der Waals surface area contributed by atoms with Crippen molar-refractivity contribution in [2.45, 2.75) is 19.4 Å². The first-order chi connectivity index (χ1) is 7.84. The highest BCUT2D eigenvalue weighted by Crippen LogP contribution is 2.09. The first-order valence-corrected chi connectivity index (χ1v) is 6.66. The Morgan fingerprint density at radius 1 is 1.50 bits per heavy atom. The van der Waals surface area contributed by atoms with E-state index in [-0.39, 0.29) is 0 Å². The second-order valence-corrected chi connectivity index (χ2v) is 5.14. The molecule has 1 aromatic heterocycles. The maximum atomic E-state index is 4.21. The summed E-state index contributed by atoms with van der Waals surface area (Å²) in [7, 11) is 0. The fourth-order valence-corrected chi connectivity index (χ4v) is 2.26. The van der Waals surface area contributed by atoms with Crippen LogP contribution in [0.2, 0.25) is 0 Å². The molecule has 1 aliphatic rings. The second-order valence-electron chi connectivity index (χ2n) is 4.33. The number of rotatable bonds is 4. The molecule has 0 spiro atoms. The van der Waals surface area contributed by atoms with Gasteiger partial charge in [0.15, 0.2) is 0 Å². The Hall–Kier alpha value is -0.450. The Kier molecular flexibility index (Phi) is 4.75. The van der Waals surface area contributed by atoms with Gasteiger partial charge in [0.25, 0.3) is 0 Å². The van der Waals surface area contributed by atoms with E-state index in [0.717, 1.165) is 30.2 Å². The number of hydrogen-bond acceptors (Lipinski definition) is 3. The highest BCUT2D eigenvalue weighted by Gasteiger charge is 2.11. The van der Waals surface area contributed by atoms with E-state index in [9.17, 15) is 0 Å². The van der Waals surface area contributed by atoms with Crippen LogP contribution in [0.1, 0.15) is 18.4 Å². The van der Waals surface area contributed by atoms with E-state index in [2.05, 4.69) is 37.6 Å². The molecular formula is C12H18BrN3. The zero-order valence-electron chi connectivity index (χ0n) is 9.38. The molecule has 0 radical (unpaired) electrons. The van der Waals surface area contributed by atoms with Crippen LogP contribution in [-0.4, -0.2) is 24.6 Å². The van der Waals surface area contributed by atoms with Crippen LogP contribution < -0.4 is 10.6 Å². The molecule has 0 saturated carbocycles. The Bertz CT molecular complexity index is 307. The largest absolute Gasteiger partial charge is 0.316 e. The van der Waals surface area contributed by atoms with Crippen molar-refractivity contribution in [3.63, 3.8) is 0 Å². The number of piperidine rings is 1. The first kappa shape index (κ1) is 12.0. The summed E-state index contributed by atoms with van der Waals surface area (Å²) >= 11 is 3.34. The standard InChI is InChI=1S/C12H18BrN3/c13-12-4-3-11(9-16-12)8-15-7-10-2-1-5-14-6-10/h3-4,9-10,14-15H,1-2,5-8H2. The summed E-state index contributed by atoms with van der Waals surface area (Å²) in [6.45, 7) is 4.36. The van der Waals surface area contributed by atoms with Gasteiger partial charge in [-0.2, -0.15) is 0 Å². The predicted octanol–water partition coefficient (Wildman–Crippen LogP) is 1.93. The summed E-state index contributed by atoms with van der Waals surface area (Å²) in [6, 6.07) is 4.09. The number of aromatic nitrogens is 1. The molecule has 1 aromatic rings. The number of nitrogens with one attached hydrogen (secondary N) is 2. The lowest BCUT2D eigenvalue weighted by Gasteiger charge is -2.22. The molecule has 1 fully saturated rings. The Morgan fingerprint density at radius 2 is 2.44 bits per heavy atom. The monoisotopic (exact) mass is 283 g/mol. The van der Waals surface area contributed by atoms with Gasteiger partial charge in [0.05, 0.1) is 0 Å². The van der Waals surface area contributed by atoms with Gasteiger partial charge in [-0.15, -0.1) is 0 Å². The van der Waals surface area contributed by atoms with Gasteiger partial charge in [0.1, 0.15) is 4.60 Å². The lowest BCUT2D eigenvalue weighted by Crippen LogP contribution is -2.35. The lowest BCUT2D eigenvalue weighted by atomic mass is 10.00. The van der Waals surface area contributed by atoms with Gasteiger partial charge in [-0.25, -0.2) is 4.98 Å². The molecule has 1 aliphatic heterocycles. The van der Waals surface area contributed by atoms with Crippen molar-refractivity contribution in [2.24, 2.45) is 5.92 Å². The molecule has 1 atom stereocenters. The average Bonchev–Trinajstić information content (AvgIpc) is 2.33. The molecule has 2 N–H and O–H groups in total. The van der Waals surface area contributed by atoms with Gasteiger partial charge in [0.2, 0.25) is 0 Å². The zero-order chi connectivity index (χ0) is 11.2. The summed E-state index contributed by atoms with van der Waals surface area (Å²) in [5, 5.41) is 6.93. The minimum atomic E-state index is 0.789. The fourth-order valence-electron chi connectivity index (χ4n) is 2.03. The van der Waals surface area contributed by atoms with Crippen molar-refractivity contribution >= 4 is 15.9 Å². The minimum absolute atomic E-state index is 0.789. The van der Waals surface area contributed by atoms with Crippen LogP contribution in [0.5, 0.6) is 0 Å². The van der Waals surface area contributed by atoms with Gasteiger partial charge in [0, 0.05) is 12.7 Å². The molecule has 3 nitrogen and oxygen atoms in total. The Balaban J connectivity index is 1.69. The summed E-state index contributed by atoms with van der Waals surface area (Å²) in [6.07, 6.45) is 4.57. The van der Waals surface area contributed by atoms with Crippen molar-refractivity contribution < 1.29 is 0 Å². The zero-order valence-corrected chi connectivity index (χ0v) is 11.0. The molecule has 1 unspecified atom stereocenters. The normalized spacial score (nSPS) is 20.9. The van der Waals surface area contributed by atoms with E-state index >= 15 is 0 Å². The molecule has 0 bridgehead atoms. The highest BCUT2D eigenvalue weighted by molar-refractivity contribution is 9.10. The molecule has 0 aromatic carbocycles. The van der Waals surface area contributed by atoms with Crippen LogP contribution in [0.25, 0.3) is 0 Å². The highest BCUT2D eigenvalue weighted by atomic mass is 79.9. The van der Waals surface area contributed by atoms with E-state index in [4.69, 9.17) is 0 Å². The van der Waals surface area contributed by atoms with Crippen LogP contribution in [0.3, 0.4) is 0 Å². The van der Waals surface area contributed by atoms with Crippen molar-refractivity contribution in [1.82, 2.24) is 15.6 Å². The third kappa shape index (κ3) is 3.85. The third-order valence-electron chi connectivity index (χ3n) is 2.95. The molecule has 0 amide bonds. The van der Waals surface area contributed by atoms with Crippen LogP contribution in [0.4, 0.5) is 0 Å². The molecule has 4 heteroatoms. The van der Waals surface area contributed by atoms with E-state index in [1.165, 1.54) is 24.9 Å². The SMILES string of the molecule is Brc1ccc(CNCC2CCCNC2)cn1.